The van der Waals surface area contributed by atoms with E-state index in [2.05, 4.69) is 5.48 Å². The Morgan fingerprint density at radius 3 is 2.92 bits per heavy atom. The number of rotatable bonds is 1. The van der Waals surface area contributed by atoms with Gasteiger partial charge in [-0.2, -0.15) is 5.48 Å². The minimum absolute atomic E-state index is 0.111. The summed E-state index contributed by atoms with van der Waals surface area (Å²) >= 11 is 0. The average Bonchev–Trinajstić information content (AvgIpc) is 2.59. The first kappa shape index (κ1) is 8.97. The summed E-state index contributed by atoms with van der Waals surface area (Å²) in [6, 6.07) is 0.364. The minimum Gasteiger partial charge on any atom is -0.340 e. The van der Waals surface area contributed by atoms with Crippen molar-refractivity contribution in [3.63, 3.8) is 0 Å². The lowest BCUT2D eigenvalue weighted by molar-refractivity contribution is -0.134. The highest BCUT2D eigenvalue weighted by molar-refractivity contribution is 5.78. The Kier molecular flexibility index (Phi) is 2.26. The van der Waals surface area contributed by atoms with Crippen molar-refractivity contribution in [1.82, 2.24) is 10.4 Å². The van der Waals surface area contributed by atoms with Crippen molar-refractivity contribution in [2.75, 3.05) is 19.7 Å². The van der Waals surface area contributed by atoms with Crippen LogP contribution in [0.1, 0.15) is 13.8 Å². The quantitative estimate of drug-likeness (QED) is 0.624. The van der Waals surface area contributed by atoms with E-state index >= 15 is 0 Å². The molecule has 4 heteroatoms. The van der Waals surface area contributed by atoms with Crippen molar-refractivity contribution in [3.05, 3.63) is 0 Å². The Hall–Kier alpha value is -0.610. The summed E-state index contributed by atoms with van der Waals surface area (Å²) in [7, 11) is 0. The largest absolute Gasteiger partial charge is 0.340 e. The maximum absolute atomic E-state index is 11.6. The number of likely N-dealkylation sites (tertiary alicyclic amines) is 1. The van der Waals surface area contributed by atoms with Gasteiger partial charge in [-0.3, -0.25) is 4.79 Å². The van der Waals surface area contributed by atoms with Crippen LogP contribution in [-0.4, -0.2) is 36.5 Å². The third kappa shape index (κ3) is 1.56. The van der Waals surface area contributed by atoms with Crippen LogP contribution in [0.15, 0.2) is 0 Å². The standard InChI is InChI=1S/C9H16N2O2/c1-6(2)9(12)11-3-7-5-13-10-8(7)4-11/h6-8,10H,3-5H2,1-2H3/t7-,8+/m0/s1. The molecular weight excluding hydrogens is 168 g/mol. The molecule has 0 aromatic carbocycles. The second-order valence-corrected chi connectivity index (χ2v) is 4.19. The molecule has 2 atom stereocenters. The van der Waals surface area contributed by atoms with Gasteiger partial charge in [-0.15, -0.1) is 0 Å². The van der Waals surface area contributed by atoms with E-state index in [9.17, 15) is 4.79 Å². The van der Waals surface area contributed by atoms with Gasteiger partial charge in [0, 0.05) is 24.9 Å². The number of carbonyl (C=O) groups is 1. The van der Waals surface area contributed by atoms with Crippen LogP contribution < -0.4 is 5.48 Å². The molecule has 1 N–H and O–H groups in total. The molecule has 2 rings (SSSR count). The molecule has 2 heterocycles. The van der Waals surface area contributed by atoms with Crippen molar-refractivity contribution in [3.8, 4) is 0 Å². The first-order chi connectivity index (χ1) is 6.18. The molecule has 2 fully saturated rings. The normalized spacial score (nSPS) is 32.7. The van der Waals surface area contributed by atoms with Crippen molar-refractivity contribution in [2.45, 2.75) is 19.9 Å². The SMILES string of the molecule is CC(C)C(=O)N1C[C@H]2CON[C@@H]2C1. The molecule has 0 saturated carbocycles. The van der Waals surface area contributed by atoms with Gasteiger partial charge in [-0.25, -0.2) is 0 Å². The summed E-state index contributed by atoms with van der Waals surface area (Å²) in [5.41, 5.74) is 2.95. The minimum atomic E-state index is 0.111. The first-order valence-electron chi connectivity index (χ1n) is 4.84. The molecule has 4 nitrogen and oxygen atoms in total. The van der Waals surface area contributed by atoms with Crippen LogP contribution in [0.4, 0.5) is 0 Å². The average molecular weight is 184 g/mol. The third-order valence-corrected chi connectivity index (χ3v) is 2.78. The molecule has 1 amide bonds. The number of hydrogen-bond donors (Lipinski definition) is 1. The number of hydroxylamine groups is 1. The summed E-state index contributed by atoms with van der Waals surface area (Å²) in [5.74, 6) is 0.874. The summed E-state index contributed by atoms with van der Waals surface area (Å²) in [6.07, 6.45) is 0. The molecule has 0 aliphatic carbocycles. The van der Waals surface area contributed by atoms with Crippen molar-refractivity contribution in [2.24, 2.45) is 11.8 Å². The molecule has 0 radical (unpaired) electrons. The van der Waals surface area contributed by atoms with Crippen LogP contribution >= 0.6 is 0 Å². The highest BCUT2D eigenvalue weighted by Crippen LogP contribution is 2.22. The Morgan fingerprint density at radius 1 is 1.54 bits per heavy atom. The van der Waals surface area contributed by atoms with Crippen molar-refractivity contribution < 1.29 is 9.63 Å². The van der Waals surface area contributed by atoms with Crippen LogP contribution in [0.3, 0.4) is 0 Å². The van der Waals surface area contributed by atoms with Gasteiger partial charge in [0.25, 0.3) is 0 Å². The number of fused-ring (bicyclic) bond motifs is 1. The van der Waals surface area contributed by atoms with Crippen LogP contribution in [-0.2, 0) is 9.63 Å². The lowest BCUT2D eigenvalue weighted by atomic mass is 10.1. The van der Waals surface area contributed by atoms with Gasteiger partial charge in [0.1, 0.15) is 0 Å². The Bertz CT molecular complexity index is 206. The van der Waals surface area contributed by atoms with E-state index in [1.807, 2.05) is 18.7 Å². The second kappa shape index (κ2) is 3.27. The van der Waals surface area contributed by atoms with E-state index in [1.54, 1.807) is 0 Å². The van der Waals surface area contributed by atoms with Gasteiger partial charge in [-0.05, 0) is 0 Å². The van der Waals surface area contributed by atoms with Crippen LogP contribution in [0.25, 0.3) is 0 Å². The van der Waals surface area contributed by atoms with Gasteiger partial charge in [0.2, 0.25) is 5.91 Å². The molecular formula is C9H16N2O2. The topological polar surface area (TPSA) is 41.6 Å². The predicted octanol–water partition coefficient (Wildman–Crippen LogP) is 0.00420. The van der Waals surface area contributed by atoms with Crippen molar-refractivity contribution in [1.29, 1.82) is 0 Å². The summed E-state index contributed by atoms with van der Waals surface area (Å²) in [5, 5.41) is 0. The smallest absolute Gasteiger partial charge is 0.225 e. The van der Waals surface area contributed by atoms with Gasteiger partial charge >= 0.3 is 0 Å². The first-order valence-corrected chi connectivity index (χ1v) is 4.84. The van der Waals surface area contributed by atoms with E-state index in [0.717, 1.165) is 19.7 Å². The summed E-state index contributed by atoms with van der Waals surface area (Å²) < 4.78 is 0. The monoisotopic (exact) mass is 184 g/mol. The lowest BCUT2D eigenvalue weighted by Gasteiger charge is -2.19. The number of hydrogen-bond acceptors (Lipinski definition) is 3. The summed E-state index contributed by atoms with van der Waals surface area (Å²) in [6.45, 7) is 6.30. The van der Waals surface area contributed by atoms with E-state index in [4.69, 9.17) is 4.84 Å². The fourth-order valence-corrected chi connectivity index (χ4v) is 1.98. The molecule has 0 aromatic heterocycles. The number of nitrogens with one attached hydrogen (secondary N) is 1. The molecule has 2 aliphatic heterocycles. The fraction of sp³-hybridized carbons (Fsp3) is 0.889. The van der Waals surface area contributed by atoms with E-state index in [1.165, 1.54) is 0 Å². The number of carbonyl (C=O) groups excluding carboxylic acids is 1. The molecule has 0 spiro atoms. The molecule has 13 heavy (non-hydrogen) atoms. The highest BCUT2D eigenvalue weighted by Gasteiger charge is 2.39. The number of nitrogens with zero attached hydrogens (tertiary/aromatic N) is 1. The predicted molar refractivity (Wildman–Crippen MR) is 47.8 cm³/mol. The molecule has 0 unspecified atom stereocenters. The molecule has 74 valence electrons. The van der Waals surface area contributed by atoms with Crippen LogP contribution in [0.5, 0.6) is 0 Å². The van der Waals surface area contributed by atoms with E-state index < -0.39 is 0 Å². The fourth-order valence-electron chi connectivity index (χ4n) is 1.98. The van der Waals surface area contributed by atoms with E-state index in [-0.39, 0.29) is 11.8 Å². The molecule has 2 aliphatic rings. The molecule has 0 bridgehead atoms. The lowest BCUT2D eigenvalue weighted by Crippen LogP contribution is -2.35. The van der Waals surface area contributed by atoms with Gasteiger partial charge < -0.3 is 9.74 Å². The van der Waals surface area contributed by atoms with Crippen LogP contribution in [0, 0.1) is 11.8 Å². The summed E-state index contributed by atoms with van der Waals surface area (Å²) in [4.78, 5) is 18.7. The second-order valence-electron chi connectivity index (χ2n) is 4.19. The maximum atomic E-state index is 11.6. The van der Waals surface area contributed by atoms with E-state index in [0.29, 0.717) is 12.0 Å². The Balaban J connectivity index is 1.95. The zero-order chi connectivity index (χ0) is 9.42. The van der Waals surface area contributed by atoms with Crippen molar-refractivity contribution >= 4 is 5.91 Å². The molecule has 2 saturated heterocycles. The molecule has 0 aromatic rings. The zero-order valence-corrected chi connectivity index (χ0v) is 8.12. The maximum Gasteiger partial charge on any atom is 0.225 e. The third-order valence-electron chi connectivity index (χ3n) is 2.78. The van der Waals surface area contributed by atoms with Crippen LogP contribution in [0.2, 0.25) is 0 Å². The highest BCUT2D eigenvalue weighted by atomic mass is 16.7. The Labute approximate surface area is 78.2 Å². The Morgan fingerprint density at radius 2 is 2.31 bits per heavy atom. The number of amides is 1. The van der Waals surface area contributed by atoms with Gasteiger partial charge in [0.05, 0.1) is 12.6 Å². The van der Waals surface area contributed by atoms with Gasteiger partial charge in [0.15, 0.2) is 0 Å². The van der Waals surface area contributed by atoms with Gasteiger partial charge in [-0.1, -0.05) is 13.8 Å². The zero-order valence-electron chi connectivity index (χ0n) is 8.12.